The average molecular weight is 237 g/mol. The molecule has 17 heavy (non-hydrogen) atoms. The van der Waals surface area contributed by atoms with E-state index in [1.165, 1.54) is 12.3 Å². The fourth-order valence-corrected chi connectivity index (χ4v) is 1.23. The summed E-state index contributed by atoms with van der Waals surface area (Å²) in [5.74, 6) is 0.707. The lowest BCUT2D eigenvalue weighted by molar-refractivity contribution is -0.385. The van der Waals surface area contributed by atoms with Gasteiger partial charge in [0.25, 0.3) is 5.69 Å². The van der Waals surface area contributed by atoms with Gasteiger partial charge in [-0.25, -0.2) is 4.98 Å². The van der Waals surface area contributed by atoms with Crippen molar-refractivity contribution >= 4 is 11.5 Å². The summed E-state index contributed by atoms with van der Waals surface area (Å²) in [6.07, 6.45) is 1.28. The highest BCUT2D eigenvalue weighted by atomic mass is 16.6. The fraction of sp³-hybridized carbons (Fsp3) is 0.583. The molecule has 0 radical (unpaired) electrons. The van der Waals surface area contributed by atoms with Crippen molar-refractivity contribution in [1.29, 1.82) is 0 Å². The van der Waals surface area contributed by atoms with E-state index in [0.717, 1.165) is 5.56 Å². The Bertz CT molecular complexity index is 424. The molecule has 5 nitrogen and oxygen atoms in total. The molecular formula is C12H19N3O2. The zero-order chi connectivity index (χ0) is 13.2. The van der Waals surface area contributed by atoms with E-state index in [0.29, 0.717) is 5.82 Å². The van der Waals surface area contributed by atoms with Crippen LogP contribution in [-0.4, -0.2) is 15.9 Å². The minimum Gasteiger partial charge on any atom is -0.367 e. The molecule has 5 heteroatoms. The zero-order valence-electron chi connectivity index (χ0n) is 10.9. The Morgan fingerprint density at radius 2 is 2.06 bits per heavy atom. The van der Waals surface area contributed by atoms with Crippen molar-refractivity contribution in [3.8, 4) is 0 Å². The first-order valence-corrected chi connectivity index (χ1v) is 5.59. The Balaban J connectivity index is 2.90. The predicted octanol–water partition coefficient (Wildman–Crippen LogP) is 3.14. The van der Waals surface area contributed by atoms with Gasteiger partial charge in [-0.1, -0.05) is 20.8 Å². The molecule has 0 spiro atoms. The summed E-state index contributed by atoms with van der Waals surface area (Å²) < 4.78 is 0. The first-order valence-electron chi connectivity index (χ1n) is 5.59. The molecule has 1 heterocycles. The third kappa shape index (κ3) is 3.41. The number of nitrogens with one attached hydrogen (secondary N) is 1. The molecular weight excluding hydrogens is 218 g/mol. The van der Waals surface area contributed by atoms with Crippen LogP contribution in [0, 0.1) is 22.5 Å². The van der Waals surface area contributed by atoms with Gasteiger partial charge in [-0.15, -0.1) is 0 Å². The number of pyridine rings is 1. The van der Waals surface area contributed by atoms with Crippen LogP contribution >= 0.6 is 0 Å². The highest BCUT2D eigenvalue weighted by Crippen LogP contribution is 2.24. The standard InChI is InChI=1S/C12H19N3O2/c1-8-6-10(15(16)17)7-13-11(8)14-9(2)12(3,4)5/h6-7,9H,1-5H3,(H,13,14). The number of anilines is 1. The number of aryl methyl sites for hydroxylation is 1. The average Bonchev–Trinajstić information content (AvgIpc) is 2.19. The topological polar surface area (TPSA) is 68.1 Å². The van der Waals surface area contributed by atoms with Crippen LogP contribution in [0.5, 0.6) is 0 Å². The summed E-state index contributed by atoms with van der Waals surface area (Å²) in [5, 5.41) is 13.9. The Morgan fingerprint density at radius 1 is 1.47 bits per heavy atom. The van der Waals surface area contributed by atoms with Gasteiger partial charge in [0.1, 0.15) is 12.0 Å². The van der Waals surface area contributed by atoms with E-state index in [1.807, 2.05) is 6.92 Å². The van der Waals surface area contributed by atoms with Crippen molar-refractivity contribution < 1.29 is 4.92 Å². The van der Waals surface area contributed by atoms with Crippen LogP contribution in [0.4, 0.5) is 11.5 Å². The van der Waals surface area contributed by atoms with Crippen molar-refractivity contribution in [1.82, 2.24) is 4.98 Å². The van der Waals surface area contributed by atoms with E-state index in [1.54, 1.807) is 0 Å². The van der Waals surface area contributed by atoms with E-state index in [-0.39, 0.29) is 17.1 Å². The molecule has 1 N–H and O–H groups in total. The molecule has 1 aromatic rings. The number of aromatic nitrogens is 1. The van der Waals surface area contributed by atoms with Gasteiger partial charge < -0.3 is 5.32 Å². The van der Waals surface area contributed by atoms with Crippen molar-refractivity contribution in [2.24, 2.45) is 5.41 Å². The van der Waals surface area contributed by atoms with Crippen LogP contribution in [0.1, 0.15) is 33.3 Å². The maximum Gasteiger partial charge on any atom is 0.287 e. The highest BCUT2D eigenvalue weighted by molar-refractivity contribution is 5.48. The molecule has 0 bridgehead atoms. The third-order valence-corrected chi connectivity index (χ3v) is 2.93. The molecule has 0 aliphatic rings. The van der Waals surface area contributed by atoms with Crippen LogP contribution in [0.3, 0.4) is 0 Å². The molecule has 1 unspecified atom stereocenters. The quantitative estimate of drug-likeness (QED) is 0.647. The van der Waals surface area contributed by atoms with Gasteiger partial charge in [-0.3, -0.25) is 10.1 Å². The molecule has 0 aliphatic carbocycles. The van der Waals surface area contributed by atoms with E-state index >= 15 is 0 Å². The summed E-state index contributed by atoms with van der Waals surface area (Å²) in [6.45, 7) is 10.3. The number of nitrogens with zero attached hydrogens (tertiary/aromatic N) is 2. The van der Waals surface area contributed by atoms with Crippen molar-refractivity contribution in [2.45, 2.75) is 40.7 Å². The number of hydrogen-bond acceptors (Lipinski definition) is 4. The van der Waals surface area contributed by atoms with Crippen LogP contribution in [-0.2, 0) is 0 Å². The largest absolute Gasteiger partial charge is 0.367 e. The minimum absolute atomic E-state index is 0.0245. The molecule has 1 aromatic heterocycles. The maximum absolute atomic E-state index is 10.6. The maximum atomic E-state index is 10.6. The summed E-state index contributed by atoms with van der Waals surface area (Å²) in [7, 11) is 0. The van der Waals surface area contributed by atoms with Gasteiger partial charge in [-0.2, -0.15) is 0 Å². The molecule has 0 saturated carbocycles. The Kier molecular flexibility index (Phi) is 3.70. The lowest BCUT2D eigenvalue weighted by atomic mass is 9.88. The molecule has 0 fully saturated rings. The van der Waals surface area contributed by atoms with Gasteiger partial charge in [0, 0.05) is 12.1 Å². The number of rotatable bonds is 3. The van der Waals surface area contributed by atoms with Crippen LogP contribution < -0.4 is 5.32 Å². The van der Waals surface area contributed by atoms with Gasteiger partial charge in [0.05, 0.1) is 4.92 Å². The fourth-order valence-electron chi connectivity index (χ4n) is 1.23. The Hall–Kier alpha value is -1.65. The van der Waals surface area contributed by atoms with E-state index in [2.05, 4.69) is 38.0 Å². The first kappa shape index (κ1) is 13.4. The second-order valence-electron chi connectivity index (χ2n) is 5.35. The molecule has 0 saturated heterocycles. The molecule has 0 aromatic carbocycles. The smallest absolute Gasteiger partial charge is 0.287 e. The minimum atomic E-state index is -0.434. The van der Waals surface area contributed by atoms with Gasteiger partial charge >= 0.3 is 0 Å². The lowest BCUT2D eigenvalue weighted by Crippen LogP contribution is -2.31. The molecule has 94 valence electrons. The SMILES string of the molecule is Cc1cc([N+](=O)[O-])cnc1NC(C)C(C)(C)C. The van der Waals surface area contributed by atoms with E-state index in [9.17, 15) is 10.1 Å². The first-order chi connectivity index (χ1) is 7.71. The molecule has 0 aliphatic heterocycles. The third-order valence-electron chi connectivity index (χ3n) is 2.93. The second kappa shape index (κ2) is 4.69. The van der Waals surface area contributed by atoms with E-state index in [4.69, 9.17) is 0 Å². The van der Waals surface area contributed by atoms with Crippen LogP contribution in [0.2, 0.25) is 0 Å². The van der Waals surface area contributed by atoms with Crippen molar-refractivity contribution in [3.63, 3.8) is 0 Å². The van der Waals surface area contributed by atoms with E-state index < -0.39 is 4.92 Å². The second-order valence-corrected chi connectivity index (χ2v) is 5.35. The van der Waals surface area contributed by atoms with Crippen molar-refractivity contribution in [3.05, 3.63) is 27.9 Å². The number of nitro groups is 1. The normalized spacial score (nSPS) is 13.2. The summed E-state index contributed by atoms with van der Waals surface area (Å²) in [6, 6.07) is 1.76. The highest BCUT2D eigenvalue weighted by Gasteiger charge is 2.21. The summed E-state index contributed by atoms with van der Waals surface area (Å²) in [5.41, 5.74) is 0.919. The molecule has 1 atom stereocenters. The lowest BCUT2D eigenvalue weighted by Gasteiger charge is -2.29. The van der Waals surface area contributed by atoms with Crippen LogP contribution in [0.25, 0.3) is 0 Å². The number of hydrogen-bond donors (Lipinski definition) is 1. The predicted molar refractivity (Wildman–Crippen MR) is 68.2 cm³/mol. The Morgan fingerprint density at radius 3 is 2.47 bits per heavy atom. The van der Waals surface area contributed by atoms with Crippen molar-refractivity contribution in [2.75, 3.05) is 5.32 Å². The molecule has 1 rings (SSSR count). The Labute approximate surface area is 101 Å². The van der Waals surface area contributed by atoms with Gasteiger partial charge in [0.2, 0.25) is 0 Å². The molecule has 0 amide bonds. The summed E-state index contributed by atoms with van der Waals surface area (Å²) in [4.78, 5) is 14.3. The monoisotopic (exact) mass is 237 g/mol. The zero-order valence-corrected chi connectivity index (χ0v) is 10.9. The summed E-state index contributed by atoms with van der Waals surface area (Å²) >= 11 is 0. The van der Waals surface area contributed by atoms with Crippen LogP contribution in [0.15, 0.2) is 12.3 Å². The van der Waals surface area contributed by atoms with Gasteiger partial charge in [-0.05, 0) is 24.8 Å². The van der Waals surface area contributed by atoms with Gasteiger partial charge in [0.15, 0.2) is 0 Å².